The van der Waals surface area contributed by atoms with Crippen LogP contribution in [0.1, 0.15) is 40.0 Å². The molecule has 0 aliphatic heterocycles. The molecule has 114 valence electrons. The van der Waals surface area contributed by atoms with Crippen LogP contribution in [0.3, 0.4) is 0 Å². The lowest BCUT2D eigenvalue weighted by Gasteiger charge is -2.21. The number of hydrogen-bond donors (Lipinski definition) is 2. The molecule has 1 atom stereocenters. The van der Waals surface area contributed by atoms with E-state index in [1.807, 2.05) is 6.92 Å². The summed E-state index contributed by atoms with van der Waals surface area (Å²) in [5.74, 6) is 0.270. The third-order valence-corrected chi connectivity index (χ3v) is 2.99. The van der Waals surface area contributed by atoms with Crippen molar-refractivity contribution in [2.24, 2.45) is 11.7 Å². The Bertz CT molecular complexity index is 273. The molecule has 0 aliphatic rings. The first-order valence-corrected chi connectivity index (χ1v) is 6.64. The largest absolute Gasteiger partial charge is 0.347 e. The molecule has 0 saturated carbocycles. The van der Waals surface area contributed by atoms with Gasteiger partial charge in [0.25, 0.3) is 0 Å². The van der Waals surface area contributed by atoms with Gasteiger partial charge in [-0.15, -0.1) is 12.4 Å². The van der Waals surface area contributed by atoms with E-state index in [-0.39, 0.29) is 36.8 Å². The molecule has 0 saturated heterocycles. The Morgan fingerprint density at radius 1 is 1.32 bits per heavy atom. The van der Waals surface area contributed by atoms with Crippen molar-refractivity contribution in [2.75, 3.05) is 20.1 Å². The summed E-state index contributed by atoms with van der Waals surface area (Å²) in [5.41, 5.74) is 5.92. The SMILES string of the molecule is CCCC(=O)NCC(=O)N(C)CCC(N)C(C)C.Cl. The van der Waals surface area contributed by atoms with Gasteiger partial charge >= 0.3 is 0 Å². The maximum absolute atomic E-state index is 11.7. The van der Waals surface area contributed by atoms with Crippen LogP contribution in [0.25, 0.3) is 0 Å². The van der Waals surface area contributed by atoms with Gasteiger partial charge in [0.05, 0.1) is 6.54 Å². The van der Waals surface area contributed by atoms with E-state index in [1.165, 1.54) is 0 Å². The van der Waals surface area contributed by atoms with Gasteiger partial charge in [-0.3, -0.25) is 9.59 Å². The van der Waals surface area contributed by atoms with Crippen LogP contribution in [0, 0.1) is 5.92 Å². The van der Waals surface area contributed by atoms with E-state index in [0.717, 1.165) is 12.8 Å². The monoisotopic (exact) mass is 293 g/mol. The smallest absolute Gasteiger partial charge is 0.241 e. The number of hydrogen-bond acceptors (Lipinski definition) is 3. The van der Waals surface area contributed by atoms with E-state index < -0.39 is 0 Å². The Labute approximate surface area is 122 Å². The number of rotatable bonds is 8. The van der Waals surface area contributed by atoms with Gasteiger partial charge in [-0.25, -0.2) is 0 Å². The summed E-state index contributed by atoms with van der Waals surface area (Å²) in [6, 6.07) is 0.106. The van der Waals surface area contributed by atoms with E-state index in [4.69, 9.17) is 5.73 Å². The minimum atomic E-state index is -0.0737. The van der Waals surface area contributed by atoms with Crippen molar-refractivity contribution in [3.8, 4) is 0 Å². The van der Waals surface area contributed by atoms with Crippen molar-refractivity contribution in [1.82, 2.24) is 10.2 Å². The molecule has 0 spiro atoms. The molecule has 0 radical (unpaired) electrons. The Kier molecular flexibility index (Phi) is 11.9. The molecule has 19 heavy (non-hydrogen) atoms. The number of carbonyl (C=O) groups is 2. The van der Waals surface area contributed by atoms with Crippen LogP contribution in [0.4, 0.5) is 0 Å². The van der Waals surface area contributed by atoms with Gasteiger partial charge < -0.3 is 16.0 Å². The summed E-state index contributed by atoms with van der Waals surface area (Å²) < 4.78 is 0. The van der Waals surface area contributed by atoms with Crippen molar-refractivity contribution < 1.29 is 9.59 Å². The van der Waals surface area contributed by atoms with Crippen LogP contribution in [-0.4, -0.2) is 42.9 Å². The number of carbonyl (C=O) groups excluding carboxylic acids is 2. The molecule has 0 rings (SSSR count). The van der Waals surface area contributed by atoms with Gasteiger partial charge in [-0.05, 0) is 18.8 Å². The lowest BCUT2D eigenvalue weighted by molar-refractivity contribution is -0.131. The van der Waals surface area contributed by atoms with Gasteiger partial charge in [0, 0.05) is 26.1 Å². The molecule has 0 aromatic heterocycles. The molecule has 0 fully saturated rings. The minimum absolute atomic E-state index is 0. The fourth-order valence-electron chi connectivity index (χ4n) is 1.43. The first-order chi connectivity index (χ1) is 8.38. The number of halogens is 1. The lowest BCUT2D eigenvalue weighted by Crippen LogP contribution is -2.40. The van der Waals surface area contributed by atoms with Gasteiger partial charge in [0.15, 0.2) is 0 Å². The second-order valence-electron chi connectivity index (χ2n) is 5.04. The van der Waals surface area contributed by atoms with E-state index in [0.29, 0.717) is 18.9 Å². The van der Waals surface area contributed by atoms with Crippen molar-refractivity contribution in [3.63, 3.8) is 0 Å². The van der Waals surface area contributed by atoms with Crippen LogP contribution in [-0.2, 0) is 9.59 Å². The molecular weight excluding hydrogens is 266 g/mol. The average Bonchev–Trinajstić information content (AvgIpc) is 2.32. The third-order valence-electron chi connectivity index (χ3n) is 2.99. The molecule has 0 aromatic carbocycles. The average molecular weight is 294 g/mol. The molecule has 0 aliphatic carbocycles. The molecular formula is C13H28ClN3O2. The highest BCUT2D eigenvalue weighted by Gasteiger charge is 2.13. The second kappa shape index (κ2) is 11.1. The number of likely N-dealkylation sites (N-methyl/N-ethyl adjacent to an activating group) is 1. The quantitative estimate of drug-likeness (QED) is 0.705. The maximum atomic E-state index is 11.7. The van der Waals surface area contributed by atoms with E-state index >= 15 is 0 Å². The third kappa shape index (κ3) is 9.73. The summed E-state index contributed by atoms with van der Waals surface area (Å²) >= 11 is 0. The lowest BCUT2D eigenvalue weighted by atomic mass is 10.0. The molecule has 2 amide bonds. The first kappa shape index (κ1) is 20.5. The normalized spacial score (nSPS) is 11.7. The predicted octanol–water partition coefficient (Wildman–Crippen LogP) is 1.16. The molecule has 0 heterocycles. The highest BCUT2D eigenvalue weighted by atomic mass is 35.5. The number of nitrogens with zero attached hydrogens (tertiary/aromatic N) is 1. The first-order valence-electron chi connectivity index (χ1n) is 6.64. The second-order valence-corrected chi connectivity index (χ2v) is 5.04. The van der Waals surface area contributed by atoms with Gasteiger partial charge in [-0.2, -0.15) is 0 Å². The van der Waals surface area contributed by atoms with Crippen LogP contribution >= 0.6 is 12.4 Å². The minimum Gasteiger partial charge on any atom is -0.347 e. The molecule has 3 N–H and O–H groups in total. The summed E-state index contributed by atoms with van der Waals surface area (Å²) in [6.45, 7) is 6.77. The summed E-state index contributed by atoms with van der Waals surface area (Å²) in [4.78, 5) is 24.5. The van der Waals surface area contributed by atoms with Crippen molar-refractivity contribution in [3.05, 3.63) is 0 Å². The zero-order valence-corrected chi connectivity index (χ0v) is 13.3. The van der Waals surface area contributed by atoms with Crippen LogP contribution < -0.4 is 11.1 Å². The topological polar surface area (TPSA) is 75.4 Å². The molecule has 5 nitrogen and oxygen atoms in total. The van der Waals surface area contributed by atoms with Crippen molar-refractivity contribution >= 4 is 24.2 Å². The Balaban J connectivity index is 0. The van der Waals surface area contributed by atoms with E-state index in [2.05, 4.69) is 19.2 Å². The number of amides is 2. The summed E-state index contributed by atoms with van der Waals surface area (Å²) in [5, 5.41) is 2.61. The van der Waals surface area contributed by atoms with Gasteiger partial charge in [-0.1, -0.05) is 20.8 Å². The fraction of sp³-hybridized carbons (Fsp3) is 0.846. The number of nitrogens with one attached hydrogen (secondary N) is 1. The summed E-state index contributed by atoms with van der Waals surface area (Å²) in [7, 11) is 1.74. The molecule has 1 unspecified atom stereocenters. The Hall–Kier alpha value is -0.810. The maximum Gasteiger partial charge on any atom is 0.241 e. The Morgan fingerprint density at radius 2 is 1.89 bits per heavy atom. The van der Waals surface area contributed by atoms with E-state index in [1.54, 1.807) is 11.9 Å². The summed E-state index contributed by atoms with van der Waals surface area (Å²) in [6.07, 6.45) is 2.04. The van der Waals surface area contributed by atoms with E-state index in [9.17, 15) is 9.59 Å². The van der Waals surface area contributed by atoms with Crippen LogP contribution in [0.2, 0.25) is 0 Å². The fourth-order valence-corrected chi connectivity index (χ4v) is 1.43. The standard InChI is InChI=1S/C13H27N3O2.ClH/c1-5-6-12(17)15-9-13(18)16(4)8-7-11(14)10(2)3;/h10-11H,5-9,14H2,1-4H3,(H,15,17);1H. The number of nitrogens with two attached hydrogens (primary N) is 1. The molecule has 0 aromatic rings. The van der Waals surface area contributed by atoms with Crippen LogP contribution in [0.15, 0.2) is 0 Å². The van der Waals surface area contributed by atoms with Crippen molar-refractivity contribution in [2.45, 2.75) is 46.1 Å². The zero-order valence-electron chi connectivity index (χ0n) is 12.4. The molecule has 6 heteroatoms. The van der Waals surface area contributed by atoms with Crippen molar-refractivity contribution in [1.29, 1.82) is 0 Å². The van der Waals surface area contributed by atoms with Crippen LogP contribution in [0.5, 0.6) is 0 Å². The van der Waals surface area contributed by atoms with Gasteiger partial charge in [0.2, 0.25) is 11.8 Å². The highest BCUT2D eigenvalue weighted by Crippen LogP contribution is 2.03. The predicted molar refractivity (Wildman–Crippen MR) is 80.2 cm³/mol. The molecule has 0 bridgehead atoms. The Morgan fingerprint density at radius 3 is 2.37 bits per heavy atom. The highest BCUT2D eigenvalue weighted by molar-refractivity contribution is 5.85. The zero-order chi connectivity index (χ0) is 14.1. The van der Waals surface area contributed by atoms with Gasteiger partial charge in [0.1, 0.15) is 0 Å².